The van der Waals surface area contributed by atoms with Crippen molar-refractivity contribution in [1.82, 2.24) is 4.72 Å². The molecule has 0 fully saturated rings. The van der Waals surface area contributed by atoms with Gasteiger partial charge in [-0.1, -0.05) is 0 Å². The van der Waals surface area contributed by atoms with Crippen LogP contribution in [-0.4, -0.2) is 19.5 Å². The van der Waals surface area contributed by atoms with E-state index in [0.29, 0.717) is 5.56 Å². The summed E-state index contributed by atoms with van der Waals surface area (Å²) < 4.78 is 27.2. The minimum Gasteiger partial charge on any atom is -0.477 e. The molecule has 0 aromatic carbocycles. The summed E-state index contributed by atoms with van der Waals surface area (Å²) >= 11 is 2.45. The first-order valence-corrected chi connectivity index (χ1v) is 9.27. The molecule has 0 atom stereocenters. The highest BCUT2D eigenvalue weighted by molar-refractivity contribution is 7.89. The molecular weight excluding hydrogens is 330 g/mol. The summed E-state index contributed by atoms with van der Waals surface area (Å²) in [6.07, 6.45) is 0. The van der Waals surface area contributed by atoms with Crippen LogP contribution < -0.4 is 4.72 Å². The molecule has 0 spiro atoms. The van der Waals surface area contributed by atoms with E-state index in [4.69, 9.17) is 5.11 Å². The van der Waals surface area contributed by atoms with Gasteiger partial charge in [0.2, 0.25) is 10.0 Å². The van der Waals surface area contributed by atoms with Gasteiger partial charge in [0.05, 0.1) is 0 Å². The summed E-state index contributed by atoms with van der Waals surface area (Å²) in [4.78, 5) is 12.9. The molecule has 21 heavy (non-hydrogen) atoms. The zero-order chi connectivity index (χ0) is 15.8. The normalized spacial score (nSPS) is 11.8. The Morgan fingerprint density at radius 1 is 1.29 bits per heavy atom. The number of hydrogen-bond acceptors (Lipinski definition) is 5. The van der Waals surface area contributed by atoms with E-state index in [1.165, 1.54) is 16.7 Å². The molecule has 2 aromatic rings. The van der Waals surface area contributed by atoms with Crippen LogP contribution in [-0.2, 0) is 16.6 Å². The van der Waals surface area contributed by atoms with Crippen LogP contribution in [0.1, 0.15) is 30.6 Å². The van der Waals surface area contributed by atoms with E-state index in [9.17, 15) is 13.2 Å². The third-order valence-electron chi connectivity index (χ3n) is 3.03. The maximum atomic E-state index is 12.3. The second kappa shape index (κ2) is 5.88. The van der Waals surface area contributed by atoms with E-state index in [-0.39, 0.29) is 16.3 Å². The van der Waals surface area contributed by atoms with E-state index >= 15 is 0 Å². The molecule has 2 heterocycles. The minimum atomic E-state index is -3.84. The molecule has 2 aromatic heterocycles. The monoisotopic (exact) mass is 345 g/mol. The third-order valence-corrected chi connectivity index (χ3v) is 6.99. The number of aryl methyl sites for hydroxylation is 3. The van der Waals surface area contributed by atoms with Crippen LogP contribution in [0.4, 0.5) is 0 Å². The Bertz CT molecular complexity index is 767. The summed E-state index contributed by atoms with van der Waals surface area (Å²) in [5, 5.41) is 10.6. The topological polar surface area (TPSA) is 83.5 Å². The minimum absolute atomic E-state index is 0.134. The molecule has 0 saturated carbocycles. The van der Waals surface area contributed by atoms with Gasteiger partial charge in [-0.2, -0.15) is 0 Å². The Kier molecular flexibility index (Phi) is 4.52. The number of carboxylic acid groups (broad SMARTS) is 1. The van der Waals surface area contributed by atoms with Gasteiger partial charge < -0.3 is 5.11 Å². The first-order chi connectivity index (χ1) is 9.72. The predicted molar refractivity (Wildman–Crippen MR) is 83.8 cm³/mol. The number of hydrogen-bond donors (Lipinski definition) is 2. The van der Waals surface area contributed by atoms with Crippen LogP contribution >= 0.6 is 22.7 Å². The summed E-state index contributed by atoms with van der Waals surface area (Å²) in [7, 11) is -3.84. The molecule has 0 aliphatic carbocycles. The summed E-state index contributed by atoms with van der Waals surface area (Å²) in [6.45, 7) is 5.70. The Morgan fingerprint density at radius 3 is 2.48 bits per heavy atom. The zero-order valence-corrected chi connectivity index (χ0v) is 14.2. The second-order valence-corrected chi connectivity index (χ2v) is 8.58. The van der Waals surface area contributed by atoms with Crippen molar-refractivity contribution in [3.63, 3.8) is 0 Å². The first-order valence-electron chi connectivity index (χ1n) is 6.09. The molecule has 0 bridgehead atoms. The first kappa shape index (κ1) is 16.2. The highest BCUT2D eigenvalue weighted by Crippen LogP contribution is 2.27. The largest absolute Gasteiger partial charge is 0.477 e. The van der Waals surface area contributed by atoms with Crippen molar-refractivity contribution in [2.45, 2.75) is 32.2 Å². The number of nitrogens with one attached hydrogen (secondary N) is 1. The van der Waals surface area contributed by atoms with Crippen molar-refractivity contribution in [2.75, 3.05) is 0 Å². The van der Waals surface area contributed by atoms with Crippen LogP contribution in [0, 0.1) is 20.8 Å². The van der Waals surface area contributed by atoms with Gasteiger partial charge in [0.25, 0.3) is 0 Å². The quantitative estimate of drug-likeness (QED) is 0.873. The lowest BCUT2D eigenvalue weighted by Gasteiger charge is -2.06. The van der Waals surface area contributed by atoms with E-state index < -0.39 is 16.0 Å². The van der Waals surface area contributed by atoms with Crippen molar-refractivity contribution in [3.05, 3.63) is 37.2 Å². The van der Waals surface area contributed by atoms with Gasteiger partial charge in [0.1, 0.15) is 9.77 Å². The molecule has 0 amide bonds. The van der Waals surface area contributed by atoms with Gasteiger partial charge in [-0.3, -0.25) is 0 Å². The van der Waals surface area contributed by atoms with Crippen molar-refractivity contribution in [1.29, 1.82) is 0 Å². The number of carbonyl (C=O) groups is 1. The number of thiophene rings is 2. The van der Waals surface area contributed by atoms with Gasteiger partial charge >= 0.3 is 5.97 Å². The molecule has 8 heteroatoms. The summed E-state index contributed by atoms with van der Waals surface area (Å²) in [5.74, 6) is -1.23. The lowest BCUT2D eigenvalue weighted by atomic mass is 10.3. The third kappa shape index (κ3) is 3.34. The summed E-state index contributed by atoms with van der Waals surface area (Å²) in [5.41, 5.74) is 1.57. The molecule has 5 nitrogen and oxygen atoms in total. The van der Waals surface area contributed by atoms with Crippen molar-refractivity contribution < 1.29 is 18.3 Å². The van der Waals surface area contributed by atoms with Crippen molar-refractivity contribution >= 4 is 38.7 Å². The molecule has 0 aliphatic heterocycles. The second-order valence-electron chi connectivity index (χ2n) is 4.66. The van der Waals surface area contributed by atoms with Crippen LogP contribution in [0.3, 0.4) is 0 Å². The molecule has 2 rings (SSSR count). The fourth-order valence-electron chi connectivity index (χ4n) is 1.89. The molecule has 0 radical (unpaired) electrons. The van der Waals surface area contributed by atoms with Crippen LogP contribution in [0.15, 0.2) is 16.3 Å². The van der Waals surface area contributed by atoms with Gasteiger partial charge in [0, 0.05) is 16.3 Å². The zero-order valence-electron chi connectivity index (χ0n) is 11.8. The molecule has 114 valence electrons. The lowest BCUT2D eigenvalue weighted by Crippen LogP contribution is -2.24. The van der Waals surface area contributed by atoms with E-state index in [1.54, 1.807) is 6.92 Å². The number of aromatic carboxylic acids is 1. The Balaban J connectivity index is 2.27. The number of rotatable bonds is 5. The van der Waals surface area contributed by atoms with Crippen LogP contribution in [0.2, 0.25) is 0 Å². The highest BCUT2D eigenvalue weighted by Gasteiger charge is 2.26. The fourth-order valence-corrected chi connectivity index (χ4v) is 5.61. The lowest BCUT2D eigenvalue weighted by molar-refractivity contribution is 0.0698. The Labute approximate surface area is 131 Å². The maximum absolute atomic E-state index is 12.3. The summed E-state index contributed by atoms with van der Waals surface area (Å²) in [6, 6.07) is 1.93. The standard InChI is InChI=1S/C13H15NO4S3/c1-7-4-10(20-9(7)3)5-14-21(17,18)12-8(2)6-19-11(12)13(15)16/h4,6,14H,5H2,1-3H3,(H,15,16). The van der Waals surface area contributed by atoms with E-state index in [0.717, 1.165) is 26.7 Å². The van der Waals surface area contributed by atoms with Crippen molar-refractivity contribution in [3.8, 4) is 0 Å². The number of sulfonamides is 1. The van der Waals surface area contributed by atoms with Crippen LogP contribution in [0.5, 0.6) is 0 Å². The van der Waals surface area contributed by atoms with Gasteiger partial charge in [0.15, 0.2) is 0 Å². The Morgan fingerprint density at radius 2 is 1.95 bits per heavy atom. The number of carboxylic acids is 1. The molecule has 0 aliphatic rings. The van der Waals surface area contributed by atoms with E-state index in [1.807, 2.05) is 19.9 Å². The van der Waals surface area contributed by atoms with Crippen LogP contribution in [0.25, 0.3) is 0 Å². The SMILES string of the molecule is Cc1cc(CNS(=O)(=O)c2c(C)csc2C(=O)O)sc1C. The Hall–Kier alpha value is -1.22. The highest BCUT2D eigenvalue weighted by atomic mass is 32.2. The fraction of sp³-hybridized carbons (Fsp3) is 0.308. The molecule has 0 unspecified atom stereocenters. The smallest absolute Gasteiger partial charge is 0.347 e. The molecule has 0 saturated heterocycles. The van der Waals surface area contributed by atoms with Gasteiger partial charge in [-0.05, 0) is 43.3 Å². The maximum Gasteiger partial charge on any atom is 0.347 e. The van der Waals surface area contributed by atoms with Gasteiger partial charge in [-0.25, -0.2) is 17.9 Å². The van der Waals surface area contributed by atoms with Gasteiger partial charge in [-0.15, -0.1) is 22.7 Å². The van der Waals surface area contributed by atoms with E-state index in [2.05, 4.69) is 4.72 Å². The van der Waals surface area contributed by atoms with Crippen molar-refractivity contribution in [2.24, 2.45) is 0 Å². The average molecular weight is 345 g/mol. The molecule has 2 N–H and O–H groups in total. The average Bonchev–Trinajstić information content (AvgIpc) is 2.92. The predicted octanol–water partition coefficient (Wildman–Crippen LogP) is 2.91. The molecular formula is C13H15NO4S3.